The Balaban J connectivity index is 1.77. The normalized spacial score (nSPS) is 16.0. The molecule has 144 valence electrons. The summed E-state index contributed by atoms with van der Waals surface area (Å²) in [6, 6.07) is 9.66. The van der Waals surface area contributed by atoms with E-state index in [1.807, 2.05) is 24.3 Å². The zero-order chi connectivity index (χ0) is 19.3. The minimum absolute atomic E-state index is 0.0242. The van der Waals surface area contributed by atoms with Crippen molar-refractivity contribution in [3.05, 3.63) is 41.5 Å². The van der Waals surface area contributed by atoms with Crippen molar-refractivity contribution in [2.24, 2.45) is 5.92 Å². The van der Waals surface area contributed by atoms with Crippen LogP contribution in [0.15, 0.2) is 34.9 Å². The summed E-state index contributed by atoms with van der Waals surface area (Å²) in [7, 11) is 0. The molecule has 1 fully saturated rings. The van der Waals surface area contributed by atoms with Crippen LogP contribution in [0.2, 0.25) is 0 Å². The molecule has 28 heavy (non-hydrogen) atoms. The minimum Gasteiger partial charge on any atom is -0.384 e. The number of nitrogens with zero attached hydrogens (tertiary/aromatic N) is 2. The molecule has 0 bridgehead atoms. The number of morpholine rings is 1. The Hall–Kier alpha value is -2.86. The van der Waals surface area contributed by atoms with E-state index in [9.17, 15) is 4.79 Å². The van der Waals surface area contributed by atoms with Gasteiger partial charge in [0.25, 0.3) is 0 Å². The molecule has 3 aromatic rings. The summed E-state index contributed by atoms with van der Waals surface area (Å²) < 4.78 is 11.3. The molecule has 2 aliphatic rings. The summed E-state index contributed by atoms with van der Waals surface area (Å²) >= 11 is 0. The van der Waals surface area contributed by atoms with Crippen LogP contribution in [0, 0.1) is 5.92 Å². The van der Waals surface area contributed by atoms with Crippen LogP contribution in [0.25, 0.3) is 22.2 Å². The Morgan fingerprint density at radius 1 is 1.18 bits per heavy atom. The van der Waals surface area contributed by atoms with Gasteiger partial charge >= 0.3 is 0 Å². The lowest BCUT2D eigenvalue weighted by Gasteiger charge is -2.30. The standard InChI is InChI=1S/C22H23N3O3/c1-13(2)12-23-16-11-17(25-7-9-27-10-8-25)20-19-18(16)21(26)14-5-3-4-6-15(14)22(19)28-24-20/h3-6,11,13,23H,7-10,12H2,1-2H3. The highest BCUT2D eigenvalue weighted by Crippen LogP contribution is 2.45. The first kappa shape index (κ1) is 17.3. The summed E-state index contributed by atoms with van der Waals surface area (Å²) in [5.41, 5.74) is 4.76. The van der Waals surface area contributed by atoms with Crippen LogP contribution in [-0.2, 0) is 4.74 Å². The number of anilines is 2. The van der Waals surface area contributed by atoms with E-state index in [1.54, 1.807) is 0 Å². The quantitative estimate of drug-likeness (QED) is 0.581. The average molecular weight is 377 g/mol. The molecule has 1 aliphatic heterocycles. The highest BCUT2D eigenvalue weighted by Gasteiger charge is 2.33. The number of hydrogen-bond donors (Lipinski definition) is 1. The Labute approximate surface area is 163 Å². The summed E-state index contributed by atoms with van der Waals surface area (Å²) in [6.45, 7) is 8.06. The number of fused-ring (bicyclic) bond motifs is 2. The number of carbonyl (C=O) groups is 1. The number of ketones is 1. The number of ether oxygens (including phenoxy) is 1. The van der Waals surface area contributed by atoms with E-state index in [1.165, 1.54) is 0 Å². The average Bonchev–Trinajstić information content (AvgIpc) is 3.16. The van der Waals surface area contributed by atoms with Gasteiger partial charge in [0.2, 0.25) is 0 Å². The van der Waals surface area contributed by atoms with Gasteiger partial charge < -0.3 is 19.5 Å². The monoisotopic (exact) mass is 377 g/mol. The second-order valence-corrected chi connectivity index (χ2v) is 7.80. The van der Waals surface area contributed by atoms with Gasteiger partial charge in [-0.25, -0.2) is 0 Å². The van der Waals surface area contributed by atoms with Gasteiger partial charge in [-0.05, 0) is 12.0 Å². The van der Waals surface area contributed by atoms with E-state index < -0.39 is 0 Å². The van der Waals surface area contributed by atoms with Crippen molar-refractivity contribution < 1.29 is 14.1 Å². The zero-order valence-electron chi connectivity index (χ0n) is 16.1. The molecule has 1 aliphatic carbocycles. The lowest BCUT2D eigenvalue weighted by Crippen LogP contribution is -2.36. The molecule has 0 radical (unpaired) electrons. The van der Waals surface area contributed by atoms with Gasteiger partial charge in [0.15, 0.2) is 11.5 Å². The van der Waals surface area contributed by atoms with Gasteiger partial charge in [0.05, 0.1) is 29.9 Å². The molecule has 2 heterocycles. The molecule has 1 aromatic heterocycles. The van der Waals surface area contributed by atoms with E-state index in [-0.39, 0.29) is 5.78 Å². The molecule has 0 amide bonds. The van der Waals surface area contributed by atoms with Crippen molar-refractivity contribution in [3.63, 3.8) is 0 Å². The molecule has 0 unspecified atom stereocenters. The van der Waals surface area contributed by atoms with Crippen LogP contribution in [0.5, 0.6) is 0 Å². The first-order valence-corrected chi connectivity index (χ1v) is 9.82. The minimum atomic E-state index is 0.0242. The van der Waals surface area contributed by atoms with E-state index in [4.69, 9.17) is 9.26 Å². The molecule has 0 atom stereocenters. The third-order valence-corrected chi connectivity index (χ3v) is 5.43. The summed E-state index contributed by atoms with van der Waals surface area (Å²) in [6.07, 6.45) is 0. The lowest BCUT2D eigenvalue weighted by molar-refractivity contribution is 0.104. The summed E-state index contributed by atoms with van der Waals surface area (Å²) in [5, 5.41) is 8.72. The topological polar surface area (TPSA) is 67.6 Å². The number of carbonyl (C=O) groups excluding carboxylic acids is 1. The second-order valence-electron chi connectivity index (χ2n) is 7.80. The molecule has 1 N–H and O–H groups in total. The molecule has 2 aromatic carbocycles. The number of nitrogens with one attached hydrogen (secondary N) is 1. The van der Waals surface area contributed by atoms with E-state index >= 15 is 0 Å². The number of benzene rings is 2. The van der Waals surface area contributed by atoms with Gasteiger partial charge in [0, 0.05) is 36.4 Å². The first-order chi connectivity index (χ1) is 13.6. The SMILES string of the molecule is CC(C)CNc1cc(N2CCOCC2)c2noc3c2c1C(=O)c1ccccc1-3. The molecule has 0 spiro atoms. The van der Waals surface area contributed by atoms with E-state index in [2.05, 4.69) is 35.3 Å². The third-order valence-electron chi connectivity index (χ3n) is 5.43. The number of hydrogen-bond acceptors (Lipinski definition) is 6. The molecule has 6 heteroatoms. The smallest absolute Gasteiger partial charge is 0.196 e. The van der Waals surface area contributed by atoms with Crippen molar-refractivity contribution >= 4 is 28.1 Å². The van der Waals surface area contributed by atoms with Crippen molar-refractivity contribution in [1.82, 2.24) is 5.16 Å². The van der Waals surface area contributed by atoms with Crippen LogP contribution < -0.4 is 10.2 Å². The fourth-order valence-electron chi connectivity index (χ4n) is 4.04. The van der Waals surface area contributed by atoms with Crippen LogP contribution >= 0.6 is 0 Å². The fraction of sp³-hybridized carbons (Fsp3) is 0.364. The molecular formula is C22H23N3O3. The maximum Gasteiger partial charge on any atom is 0.196 e. The second kappa shape index (κ2) is 6.63. The predicted molar refractivity (Wildman–Crippen MR) is 109 cm³/mol. The van der Waals surface area contributed by atoms with E-state index in [0.717, 1.165) is 47.5 Å². The van der Waals surface area contributed by atoms with E-state index in [0.29, 0.717) is 36.0 Å². The van der Waals surface area contributed by atoms with Crippen molar-refractivity contribution in [1.29, 1.82) is 0 Å². The van der Waals surface area contributed by atoms with Gasteiger partial charge in [-0.3, -0.25) is 4.79 Å². The Bertz CT molecular complexity index is 1060. The molecule has 1 saturated heterocycles. The van der Waals surface area contributed by atoms with Crippen molar-refractivity contribution in [3.8, 4) is 11.3 Å². The Morgan fingerprint density at radius 3 is 2.68 bits per heavy atom. The van der Waals surface area contributed by atoms with Gasteiger partial charge in [-0.15, -0.1) is 0 Å². The highest BCUT2D eigenvalue weighted by molar-refractivity contribution is 6.28. The molecule has 6 nitrogen and oxygen atoms in total. The molecule has 5 rings (SSSR count). The van der Waals surface area contributed by atoms with Crippen LogP contribution in [0.1, 0.15) is 29.8 Å². The van der Waals surface area contributed by atoms with Gasteiger partial charge in [-0.1, -0.05) is 43.3 Å². The van der Waals surface area contributed by atoms with Crippen molar-refractivity contribution in [2.45, 2.75) is 13.8 Å². The maximum absolute atomic E-state index is 13.4. The molecule has 0 saturated carbocycles. The number of aromatic nitrogens is 1. The molecular weight excluding hydrogens is 354 g/mol. The highest BCUT2D eigenvalue weighted by atomic mass is 16.5. The number of rotatable bonds is 4. The van der Waals surface area contributed by atoms with Crippen molar-refractivity contribution in [2.75, 3.05) is 43.1 Å². The lowest BCUT2D eigenvalue weighted by atomic mass is 9.86. The largest absolute Gasteiger partial charge is 0.384 e. The predicted octanol–water partition coefficient (Wildman–Crippen LogP) is 3.94. The van der Waals surface area contributed by atoms with Gasteiger partial charge in [-0.2, -0.15) is 0 Å². The Kier molecular flexibility index (Phi) is 4.09. The van der Waals surface area contributed by atoms with Gasteiger partial charge in [0.1, 0.15) is 5.52 Å². The summed E-state index contributed by atoms with van der Waals surface area (Å²) in [4.78, 5) is 15.7. The zero-order valence-corrected chi connectivity index (χ0v) is 16.1. The van der Waals surface area contributed by atoms with Crippen LogP contribution in [-0.4, -0.2) is 43.8 Å². The summed E-state index contributed by atoms with van der Waals surface area (Å²) in [5.74, 6) is 1.17. The van der Waals surface area contributed by atoms with Crippen LogP contribution in [0.4, 0.5) is 11.4 Å². The Morgan fingerprint density at radius 2 is 1.93 bits per heavy atom. The maximum atomic E-state index is 13.4. The third kappa shape index (κ3) is 2.59. The first-order valence-electron chi connectivity index (χ1n) is 9.82. The fourth-order valence-corrected chi connectivity index (χ4v) is 4.04. The van der Waals surface area contributed by atoms with Crippen LogP contribution in [0.3, 0.4) is 0 Å².